The van der Waals surface area contributed by atoms with Crippen LogP contribution in [0.5, 0.6) is 5.75 Å². The highest BCUT2D eigenvalue weighted by atomic mass is 35.5. The molecular formula is C23H20Cl2N2O3. The molecule has 2 bridgehead atoms. The third-order valence-electron chi connectivity index (χ3n) is 6.81. The molecule has 5 nitrogen and oxygen atoms in total. The molecule has 0 radical (unpaired) electrons. The number of rotatable bonds is 4. The van der Waals surface area contributed by atoms with Gasteiger partial charge in [-0.3, -0.25) is 9.59 Å². The molecule has 5 atom stereocenters. The molecule has 0 spiro atoms. The standard InChI is InChI=1S/C23H20Cl2N2O3/c1-30-16-6-3-12(4-7-16)17-8-14-9-18(17)21-20(14)22(28)27(23(21)29)26-11-13-2-5-15(24)10-19(13)25/h2-7,10-11,14,17-18,20-21H,8-9H2,1H3/b26-11+/t14-,17?,18-,20-,21+/m1/s1. The van der Waals surface area contributed by atoms with Crippen molar-refractivity contribution < 1.29 is 14.3 Å². The number of carbonyl (C=O) groups excluding carboxylic acids is 2. The predicted molar refractivity (Wildman–Crippen MR) is 115 cm³/mol. The number of hydrogen-bond donors (Lipinski definition) is 0. The zero-order valence-electron chi connectivity index (χ0n) is 16.3. The van der Waals surface area contributed by atoms with E-state index in [2.05, 4.69) is 17.2 Å². The second-order valence-electron chi connectivity index (χ2n) is 8.23. The Hall–Kier alpha value is -2.37. The Morgan fingerprint density at radius 3 is 2.47 bits per heavy atom. The minimum atomic E-state index is -0.291. The third kappa shape index (κ3) is 3.03. The highest BCUT2D eigenvalue weighted by Crippen LogP contribution is 2.61. The molecule has 1 aliphatic heterocycles. The van der Waals surface area contributed by atoms with Crippen LogP contribution in [0.15, 0.2) is 47.6 Å². The van der Waals surface area contributed by atoms with E-state index in [1.165, 1.54) is 11.8 Å². The van der Waals surface area contributed by atoms with Crippen molar-refractivity contribution in [2.75, 3.05) is 7.11 Å². The fourth-order valence-corrected chi connectivity index (χ4v) is 5.98. The zero-order chi connectivity index (χ0) is 21.0. The first-order valence-electron chi connectivity index (χ1n) is 9.98. The summed E-state index contributed by atoms with van der Waals surface area (Å²) < 4.78 is 5.25. The summed E-state index contributed by atoms with van der Waals surface area (Å²) in [7, 11) is 1.65. The number of ether oxygens (including phenoxy) is 1. The first-order valence-corrected chi connectivity index (χ1v) is 10.7. The van der Waals surface area contributed by atoms with Crippen molar-refractivity contribution in [3.8, 4) is 5.75 Å². The van der Waals surface area contributed by atoms with Crippen LogP contribution in [0.4, 0.5) is 0 Å². The number of benzene rings is 2. The molecule has 7 heteroatoms. The van der Waals surface area contributed by atoms with Crippen LogP contribution in [-0.2, 0) is 9.59 Å². The summed E-state index contributed by atoms with van der Waals surface area (Å²) in [6.45, 7) is 0. The van der Waals surface area contributed by atoms with Crippen LogP contribution in [0, 0.1) is 23.7 Å². The van der Waals surface area contributed by atoms with Crippen molar-refractivity contribution in [3.05, 3.63) is 63.6 Å². The Labute approximate surface area is 184 Å². The Kier molecular flexibility index (Phi) is 4.83. The van der Waals surface area contributed by atoms with Crippen molar-refractivity contribution in [1.29, 1.82) is 0 Å². The van der Waals surface area contributed by atoms with Crippen LogP contribution in [0.3, 0.4) is 0 Å². The second-order valence-corrected chi connectivity index (χ2v) is 9.07. The number of imide groups is 1. The number of fused-ring (bicyclic) bond motifs is 5. The SMILES string of the molecule is COc1ccc(C2C[C@@H]3C[C@H]2[C@@H]2C(=O)N(/N=C/c4ccc(Cl)cc4Cl)C(=O)[C@H]32)cc1. The van der Waals surface area contributed by atoms with Crippen LogP contribution in [-0.4, -0.2) is 30.1 Å². The smallest absolute Gasteiger partial charge is 0.254 e. The summed E-state index contributed by atoms with van der Waals surface area (Å²) in [6.07, 6.45) is 3.31. The van der Waals surface area contributed by atoms with Crippen molar-refractivity contribution in [1.82, 2.24) is 5.01 Å². The van der Waals surface area contributed by atoms with Crippen LogP contribution < -0.4 is 4.74 Å². The van der Waals surface area contributed by atoms with Crippen molar-refractivity contribution in [2.24, 2.45) is 28.8 Å². The molecule has 2 saturated carbocycles. The maximum atomic E-state index is 13.1. The van der Waals surface area contributed by atoms with Gasteiger partial charge in [-0.1, -0.05) is 41.4 Å². The minimum absolute atomic E-state index is 0.171. The van der Waals surface area contributed by atoms with Gasteiger partial charge in [-0.25, -0.2) is 0 Å². The van der Waals surface area contributed by atoms with Crippen LogP contribution >= 0.6 is 23.2 Å². The maximum Gasteiger partial charge on any atom is 0.254 e. The number of hydrazone groups is 1. The Morgan fingerprint density at radius 2 is 1.77 bits per heavy atom. The van der Waals surface area contributed by atoms with Gasteiger partial charge >= 0.3 is 0 Å². The molecule has 3 fully saturated rings. The van der Waals surface area contributed by atoms with E-state index >= 15 is 0 Å². The molecule has 2 aliphatic carbocycles. The summed E-state index contributed by atoms with van der Waals surface area (Å²) in [4.78, 5) is 26.1. The molecule has 1 unspecified atom stereocenters. The largest absolute Gasteiger partial charge is 0.497 e. The molecule has 1 saturated heterocycles. The normalized spacial score (nSPS) is 29.8. The lowest BCUT2D eigenvalue weighted by Gasteiger charge is -2.28. The summed E-state index contributed by atoms with van der Waals surface area (Å²) in [5, 5.41) is 6.20. The molecule has 2 aromatic rings. The number of carbonyl (C=O) groups is 2. The molecule has 5 rings (SSSR count). The molecule has 0 N–H and O–H groups in total. The van der Waals surface area contributed by atoms with Gasteiger partial charge in [0.25, 0.3) is 11.8 Å². The van der Waals surface area contributed by atoms with Crippen molar-refractivity contribution in [2.45, 2.75) is 18.8 Å². The summed E-state index contributed by atoms with van der Waals surface area (Å²) in [6, 6.07) is 13.0. The van der Waals surface area contributed by atoms with Gasteiger partial charge in [0.15, 0.2) is 0 Å². The fourth-order valence-electron chi connectivity index (χ4n) is 5.52. The van der Waals surface area contributed by atoms with Gasteiger partial charge in [-0.2, -0.15) is 10.1 Å². The van der Waals surface area contributed by atoms with E-state index in [4.69, 9.17) is 27.9 Å². The van der Waals surface area contributed by atoms with Gasteiger partial charge in [-0.05, 0) is 60.4 Å². The summed E-state index contributed by atoms with van der Waals surface area (Å²) in [5.74, 6) is 0.564. The molecule has 3 aliphatic rings. The maximum absolute atomic E-state index is 13.1. The monoisotopic (exact) mass is 442 g/mol. The number of halogens is 2. The van der Waals surface area contributed by atoms with Crippen LogP contribution in [0.2, 0.25) is 10.0 Å². The first kappa shape index (κ1) is 19.6. The van der Waals surface area contributed by atoms with Crippen molar-refractivity contribution >= 4 is 41.2 Å². The number of nitrogens with zero attached hydrogens (tertiary/aromatic N) is 2. The third-order valence-corrected chi connectivity index (χ3v) is 7.37. The predicted octanol–water partition coefficient (Wildman–Crippen LogP) is 4.76. The van der Waals surface area contributed by atoms with E-state index in [1.807, 2.05) is 12.1 Å². The van der Waals surface area contributed by atoms with E-state index < -0.39 is 0 Å². The van der Waals surface area contributed by atoms with Gasteiger partial charge in [0, 0.05) is 10.6 Å². The molecule has 30 heavy (non-hydrogen) atoms. The molecule has 154 valence electrons. The molecule has 0 aromatic heterocycles. The van der Waals surface area contributed by atoms with Crippen LogP contribution in [0.1, 0.15) is 29.9 Å². The lowest BCUT2D eigenvalue weighted by Crippen LogP contribution is -2.29. The lowest BCUT2D eigenvalue weighted by atomic mass is 9.73. The van der Waals surface area contributed by atoms with E-state index in [-0.39, 0.29) is 41.4 Å². The average Bonchev–Trinajstić information content (AvgIpc) is 3.40. The van der Waals surface area contributed by atoms with E-state index in [9.17, 15) is 9.59 Å². The van der Waals surface area contributed by atoms with Gasteiger partial charge in [0.1, 0.15) is 5.75 Å². The molecule has 2 amide bonds. The lowest BCUT2D eigenvalue weighted by molar-refractivity contribution is -0.140. The van der Waals surface area contributed by atoms with E-state index in [0.29, 0.717) is 15.6 Å². The van der Waals surface area contributed by atoms with E-state index in [0.717, 1.165) is 23.6 Å². The first-order chi connectivity index (χ1) is 14.5. The molecular weight excluding hydrogens is 423 g/mol. The Balaban J connectivity index is 1.38. The van der Waals surface area contributed by atoms with Crippen molar-refractivity contribution in [3.63, 3.8) is 0 Å². The van der Waals surface area contributed by atoms with Crippen LogP contribution in [0.25, 0.3) is 0 Å². The van der Waals surface area contributed by atoms with Gasteiger partial charge in [-0.15, -0.1) is 0 Å². The highest BCUT2D eigenvalue weighted by Gasteiger charge is 2.64. The number of methoxy groups -OCH3 is 1. The van der Waals surface area contributed by atoms with Gasteiger partial charge in [0.2, 0.25) is 0 Å². The quantitative estimate of drug-likeness (QED) is 0.506. The second kappa shape index (κ2) is 7.40. The van der Waals surface area contributed by atoms with Gasteiger partial charge < -0.3 is 4.74 Å². The molecule has 2 aromatic carbocycles. The topological polar surface area (TPSA) is 59.0 Å². The summed E-state index contributed by atoms with van der Waals surface area (Å²) in [5.41, 5.74) is 1.81. The fraction of sp³-hybridized carbons (Fsp3) is 0.348. The van der Waals surface area contributed by atoms with E-state index in [1.54, 1.807) is 25.3 Å². The molecule has 1 heterocycles. The number of amides is 2. The highest BCUT2D eigenvalue weighted by molar-refractivity contribution is 6.36. The Bertz CT molecular complexity index is 1050. The average molecular weight is 443 g/mol. The minimum Gasteiger partial charge on any atom is -0.497 e. The Morgan fingerprint density at radius 1 is 1.03 bits per heavy atom. The zero-order valence-corrected chi connectivity index (χ0v) is 17.8. The van der Waals surface area contributed by atoms with Gasteiger partial charge in [0.05, 0.1) is 30.2 Å². The summed E-state index contributed by atoms with van der Waals surface area (Å²) >= 11 is 12.1. The number of hydrogen-bond acceptors (Lipinski definition) is 4.